The number of carboxylic acids is 1. The van der Waals surface area contributed by atoms with Crippen molar-refractivity contribution in [2.24, 2.45) is 0 Å². The van der Waals surface area contributed by atoms with Gasteiger partial charge < -0.3 is 10.4 Å². The molecule has 0 saturated heterocycles. The summed E-state index contributed by atoms with van der Waals surface area (Å²) in [5, 5.41) is 12.3. The van der Waals surface area contributed by atoms with Gasteiger partial charge in [0.15, 0.2) is 0 Å². The number of hydrogen-bond donors (Lipinski definition) is 2. The number of rotatable bonds is 9. The molecule has 1 rings (SSSR count). The first-order valence-electron chi connectivity index (χ1n) is 6.87. The van der Waals surface area contributed by atoms with Crippen LogP contribution in [0.2, 0.25) is 5.02 Å². The molecular weight excluding hydrogens is 310 g/mol. The number of carbonyl (C=O) groups excluding carboxylic acids is 1. The number of hydrogen-bond acceptors (Lipinski definition) is 3. The van der Waals surface area contributed by atoms with Crippen molar-refractivity contribution in [2.75, 3.05) is 5.75 Å². The maximum atomic E-state index is 11.8. The average molecular weight is 330 g/mol. The molecule has 0 radical (unpaired) electrons. The zero-order chi connectivity index (χ0) is 15.7. The molecule has 4 nitrogen and oxygen atoms in total. The Morgan fingerprint density at radius 2 is 2.19 bits per heavy atom. The molecule has 1 amide bonds. The average Bonchev–Trinajstić information content (AvgIpc) is 2.43. The molecule has 0 aliphatic carbocycles. The zero-order valence-electron chi connectivity index (χ0n) is 12.0. The minimum atomic E-state index is -0.975. The van der Waals surface area contributed by atoms with E-state index in [0.717, 1.165) is 18.4 Å². The number of aliphatic carboxylic acids is 1. The number of benzene rings is 1. The predicted molar refractivity (Wildman–Crippen MR) is 86.7 cm³/mol. The Hall–Kier alpha value is -1.20. The van der Waals surface area contributed by atoms with Crippen LogP contribution in [0.25, 0.3) is 0 Å². The third-order valence-electron chi connectivity index (χ3n) is 2.87. The fourth-order valence-electron chi connectivity index (χ4n) is 1.79. The summed E-state index contributed by atoms with van der Waals surface area (Å²) in [4.78, 5) is 22.8. The van der Waals surface area contributed by atoms with Gasteiger partial charge in [-0.1, -0.05) is 43.5 Å². The Balaban J connectivity index is 2.34. The summed E-state index contributed by atoms with van der Waals surface area (Å²) >= 11 is 7.32. The van der Waals surface area contributed by atoms with Gasteiger partial charge in [0.1, 0.15) is 6.04 Å². The molecular formula is C15H20ClNO3S. The molecule has 1 aromatic rings. The van der Waals surface area contributed by atoms with E-state index in [0.29, 0.717) is 17.2 Å². The second-order valence-electron chi connectivity index (χ2n) is 4.72. The number of nitrogens with one attached hydrogen (secondary N) is 1. The van der Waals surface area contributed by atoms with Crippen LogP contribution in [0.3, 0.4) is 0 Å². The summed E-state index contributed by atoms with van der Waals surface area (Å²) in [6, 6.07) is 6.67. The molecule has 0 saturated carbocycles. The lowest BCUT2D eigenvalue weighted by atomic mass is 10.1. The molecule has 2 N–H and O–H groups in total. The lowest BCUT2D eigenvalue weighted by molar-refractivity contribution is -0.141. The molecule has 0 aliphatic rings. The molecule has 0 unspecified atom stereocenters. The van der Waals surface area contributed by atoms with Crippen LogP contribution in [0.1, 0.15) is 31.7 Å². The van der Waals surface area contributed by atoms with Crippen molar-refractivity contribution in [1.29, 1.82) is 0 Å². The van der Waals surface area contributed by atoms with E-state index in [1.807, 2.05) is 25.1 Å². The van der Waals surface area contributed by atoms with Crippen LogP contribution in [-0.4, -0.2) is 28.8 Å². The smallest absolute Gasteiger partial charge is 0.326 e. The summed E-state index contributed by atoms with van der Waals surface area (Å²) in [5.74, 6) is -0.314. The largest absolute Gasteiger partial charge is 0.480 e. The highest BCUT2D eigenvalue weighted by molar-refractivity contribution is 7.99. The van der Waals surface area contributed by atoms with Gasteiger partial charge in [-0.25, -0.2) is 4.79 Å². The van der Waals surface area contributed by atoms with E-state index in [-0.39, 0.29) is 11.7 Å². The van der Waals surface area contributed by atoms with E-state index in [2.05, 4.69) is 5.32 Å². The first-order chi connectivity index (χ1) is 10.0. The van der Waals surface area contributed by atoms with Crippen molar-refractivity contribution in [3.8, 4) is 0 Å². The van der Waals surface area contributed by atoms with E-state index < -0.39 is 12.0 Å². The van der Waals surface area contributed by atoms with Crippen LogP contribution in [0, 0.1) is 0 Å². The third-order valence-corrected chi connectivity index (χ3v) is 4.11. The Morgan fingerprint density at radius 1 is 1.43 bits per heavy atom. The number of halogens is 1. The second-order valence-corrected chi connectivity index (χ2v) is 6.15. The maximum Gasteiger partial charge on any atom is 0.326 e. The molecule has 0 fully saturated rings. The fraction of sp³-hybridized carbons (Fsp3) is 0.467. The van der Waals surface area contributed by atoms with Crippen LogP contribution in [0.15, 0.2) is 24.3 Å². The number of carboxylic acid groups (broad SMARTS) is 1. The highest BCUT2D eigenvalue weighted by Crippen LogP contribution is 2.16. The molecule has 116 valence electrons. The quantitative estimate of drug-likeness (QED) is 0.729. The molecule has 0 aromatic heterocycles. The number of unbranched alkanes of at least 4 members (excludes halogenated alkanes) is 1. The van der Waals surface area contributed by atoms with Gasteiger partial charge in [0, 0.05) is 10.8 Å². The minimum absolute atomic E-state index is 0.239. The summed E-state index contributed by atoms with van der Waals surface area (Å²) in [6.45, 7) is 1.99. The zero-order valence-corrected chi connectivity index (χ0v) is 13.5. The summed E-state index contributed by atoms with van der Waals surface area (Å²) in [7, 11) is 0. The van der Waals surface area contributed by atoms with E-state index in [1.54, 1.807) is 6.07 Å². The lowest BCUT2D eigenvalue weighted by Gasteiger charge is -2.13. The van der Waals surface area contributed by atoms with Crippen LogP contribution in [0.4, 0.5) is 0 Å². The Kier molecular flexibility index (Phi) is 8.23. The molecule has 1 atom stereocenters. The van der Waals surface area contributed by atoms with Crippen molar-refractivity contribution in [3.63, 3.8) is 0 Å². The summed E-state index contributed by atoms with van der Waals surface area (Å²) < 4.78 is 0. The van der Waals surface area contributed by atoms with E-state index in [1.165, 1.54) is 11.8 Å². The van der Waals surface area contributed by atoms with Gasteiger partial charge in [0.25, 0.3) is 0 Å². The first-order valence-corrected chi connectivity index (χ1v) is 8.40. The van der Waals surface area contributed by atoms with Gasteiger partial charge in [0.05, 0.1) is 5.75 Å². The monoisotopic (exact) mass is 329 g/mol. The van der Waals surface area contributed by atoms with E-state index >= 15 is 0 Å². The van der Waals surface area contributed by atoms with E-state index in [4.69, 9.17) is 16.7 Å². The van der Waals surface area contributed by atoms with Crippen LogP contribution in [-0.2, 0) is 15.3 Å². The first kappa shape index (κ1) is 17.9. The van der Waals surface area contributed by atoms with E-state index in [9.17, 15) is 9.59 Å². The van der Waals surface area contributed by atoms with Crippen molar-refractivity contribution >= 4 is 35.2 Å². The van der Waals surface area contributed by atoms with Gasteiger partial charge in [-0.05, 0) is 24.1 Å². The van der Waals surface area contributed by atoms with Crippen molar-refractivity contribution in [3.05, 3.63) is 34.9 Å². The summed E-state index contributed by atoms with van der Waals surface area (Å²) in [5.41, 5.74) is 1.04. The number of amides is 1. The molecule has 0 bridgehead atoms. The fourth-order valence-corrected chi connectivity index (χ4v) is 2.79. The minimum Gasteiger partial charge on any atom is -0.480 e. The molecule has 0 aliphatic heterocycles. The Labute approximate surface area is 134 Å². The van der Waals surface area contributed by atoms with Crippen LogP contribution < -0.4 is 5.32 Å². The number of thioether (sulfide) groups is 1. The van der Waals surface area contributed by atoms with Crippen LogP contribution >= 0.6 is 23.4 Å². The SMILES string of the molecule is CCCC[C@H](NC(=O)CSCc1cccc(Cl)c1)C(=O)O. The predicted octanol–water partition coefficient (Wildman–Crippen LogP) is 3.33. The summed E-state index contributed by atoms with van der Waals surface area (Å²) in [6.07, 6.45) is 2.16. The standard InChI is InChI=1S/C15H20ClNO3S/c1-2-3-7-13(15(19)20)17-14(18)10-21-9-11-5-4-6-12(16)8-11/h4-6,8,13H,2-3,7,9-10H2,1H3,(H,17,18)(H,19,20)/t13-/m0/s1. The second kappa shape index (κ2) is 9.68. The Morgan fingerprint density at radius 3 is 2.81 bits per heavy atom. The lowest BCUT2D eigenvalue weighted by Crippen LogP contribution is -2.41. The Bertz CT molecular complexity index is 482. The van der Waals surface area contributed by atoms with Gasteiger partial charge in [-0.3, -0.25) is 4.79 Å². The van der Waals surface area contributed by atoms with Crippen molar-refractivity contribution < 1.29 is 14.7 Å². The van der Waals surface area contributed by atoms with Gasteiger partial charge in [-0.15, -0.1) is 11.8 Å². The number of carbonyl (C=O) groups is 2. The molecule has 21 heavy (non-hydrogen) atoms. The molecule has 0 spiro atoms. The van der Waals surface area contributed by atoms with Crippen LogP contribution in [0.5, 0.6) is 0 Å². The third kappa shape index (κ3) is 7.39. The van der Waals surface area contributed by atoms with Crippen molar-refractivity contribution in [2.45, 2.75) is 38.0 Å². The highest BCUT2D eigenvalue weighted by Gasteiger charge is 2.18. The molecule has 1 aromatic carbocycles. The molecule has 0 heterocycles. The van der Waals surface area contributed by atoms with Gasteiger partial charge in [0.2, 0.25) is 5.91 Å². The van der Waals surface area contributed by atoms with Gasteiger partial charge >= 0.3 is 5.97 Å². The van der Waals surface area contributed by atoms with Crippen molar-refractivity contribution in [1.82, 2.24) is 5.32 Å². The topological polar surface area (TPSA) is 66.4 Å². The maximum absolute atomic E-state index is 11.8. The molecule has 6 heteroatoms. The van der Waals surface area contributed by atoms with Gasteiger partial charge in [-0.2, -0.15) is 0 Å². The normalized spacial score (nSPS) is 11.9. The highest BCUT2D eigenvalue weighted by atomic mass is 35.5.